The summed E-state index contributed by atoms with van der Waals surface area (Å²) in [6.45, 7) is 8.36. The predicted molar refractivity (Wildman–Crippen MR) is 99.8 cm³/mol. The second-order valence-electron chi connectivity index (χ2n) is 6.63. The number of amides is 1. The number of aromatic nitrogens is 2. The Bertz CT molecular complexity index is 800. The molecule has 1 aromatic carbocycles. The van der Waals surface area contributed by atoms with Gasteiger partial charge >= 0.3 is 0 Å². The first kappa shape index (κ1) is 18.3. The summed E-state index contributed by atoms with van der Waals surface area (Å²) in [6.07, 6.45) is 1.24. The molecule has 6 heteroatoms. The van der Waals surface area contributed by atoms with E-state index in [-0.39, 0.29) is 11.7 Å². The fourth-order valence-electron chi connectivity index (χ4n) is 3.44. The van der Waals surface area contributed by atoms with Crippen LogP contribution in [0.15, 0.2) is 24.3 Å². The standard InChI is InChI=1S/C20H25FN4O/c1-4-19-17(13-16-7-5-6-8-18(16)21)20(23-14(2)22-19)25-11-9-24(10-12-25)15(3)26/h5-8H,4,9-13H2,1-3H3. The summed E-state index contributed by atoms with van der Waals surface area (Å²) in [7, 11) is 0. The molecule has 1 aliphatic rings. The van der Waals surface area contributed by atoms with Gasteiger partial charge in [-0.3, -0.25) is 4.79 Å². The van der Waals surface area contributed by atoms with Crippen LogP contribution in [0.4, 0.5) is 10.2 Å². The van der Waals surface area contributed by atoms with E-state index in [1.54, 1.807) is 13.0 Å². The van der Waals surface area contributed by atoms with Gasteiger partial charge in [0.1, 0.15) is 17.5 Å². The van der Waals surface area contributed by atoms with E-state index in [0.29, 0.717) is 25.1 Å². The van der Waals surface area contributed by atoms with Crippen molar-refractivity contribution in [1.29, 1.82) is 0 Å². The van der Waals surface area contributed by atoms with Crippen molar-refractivity contribution in [3.05, 3.63) is 52.7 Å². The van der Waals surface area contributed by atoms with Crippen LogP contribution in [0.25, 0.3) is 0 Å². The van der Waals surface area contributed by atoms with E-state index in [9.17, 15) is 9.18 Å². The Morgan fingerprint density at radius 1 is 1.15 bits per heavy atom. The van der Waals surface area contributed by atoms with Crippen LogP contribution in [0.2, 0.25) is 0 Å². The third-order valence-corrected chi connectivity index (χ3v) is 4.87. The lowest BCUT2D eigenvalue weighted by Gasteiger charge is -2.36. The maximum Gasteiger partial charge on any atom is 0.219 e. The molecule has 0 bridgehead atoms. The molecule has 0 saturated carbocycles. The Morgan fingerprint density at radius 3 is 2.46 bits per heavy atom. The second kappa shape index (κ2) is 7.81. The maximum absolute atomic E-state index is 14.2. The third-order valence-electron chi connectivity index (χ3n) is 4.87. The van der Waals surface area contributed by atoms with Gasteiger partial charge in [-0.05, 0) is 25.0 Å². The van der Waals surface area contributed by atoms with Gasteiger partial charge in [0, 0.05) is 50.8 Å². The van der Waals surface area contributed by atoms with Crippen LogP contribution in [-0.2, 0) is 17.6 Å². The first-order valence-electron chi connectivity index (χ1n) is 9.09. The van der Waals surface area contributed by atoms with E-state index >= 15 is 0 Å². The zero-order chi connectivity index (χ0) is 18.7. The first-order chi connectivity index (χ1) is 12.5. The van der Waals surface area contributed by atoms with Crippen molar-refractivity contribution in [3.63, 3.8) is 0 Å². The molecule has 5 nitrogen and oxygen atoms in total. The molecule has 0 spiro atoms. The van der Waals surface area contributed by atoms with Crippen molar-refractivity contribution in [3.8, 4) is 0 Å². The van der Waals surface area contributed by atoms with E-state index in [0.717, 1.165) is 42.4 Å². The summed E-state index contributed by atoms with van der Waals surface area (Å²) in [5, 5.41) is 0. The fraction of sp³-hybridized carbons (Fsp3) is 0.450. The van der Waals surface area contributed by atoms with Crippen LogP contribution in [0.5, 0.6) is 0 Å². The summed E-state index contributed by atoms with van der Waals surface area (Å²) in [6, 6.07) is 6.85. The number of nitrogens with zero attached hydrogens (tertiary/aromatic N) is 4. The average molecular weight is 356 g/mol. The normalized spacial score (nSPS) is 14.6. The summed E-state index contributed by atoms with van der Waals surface area (Å²) in [5.74, 6) is 1.50. The number of carbonyl (C=O) groups excluding carboxylic acids is 1. The number of hydrogen-bond donors (Lipinski definition) is 0. The molecule has 138 valence electrons. The van der Waals surface area contributed by atoms with Gasteiger partial charge in [0.25, 0.3) is 0 Å². The van der Waals surface area contributed by atoms with Gasteiger partial charge in [-0.1, -0.05) is 25.1 Å². The van der Waals surface area contributed by atoms with Crippen molar-refractivity contribution in [2.24, 2.45) is 0 Å². The molecule has 1 aromatic heterocycles. The largest absolute Gasteiger partial charge is 0.353 e. The van der Waals surface area contributed by atoms with Gasteiger partial charge < -0.3 is 9.80 Å². The van der Waals surface area contributed by atoms with Crippen molar-refractivity contribution in [2.75, 3.05) is 31.1 Å². The molecule has 1 saturated heterocycles. The number of rotatable bonds is 4. The number of carbonyl (C=O) groups is 1. The molecule has 3 rings (SSSR count). The summed E-state index contributed by atoms with van der Waals surface area (Å²) in [5.41, 5.74) is 2.60. The van der Waals surface area contributed by atoms with E-state index in [1.165, 1.54) is 6.07 Å². The molecule has 1 amide bonds. The lowest BCUT2D eigenvalue weighted by molar-refractivity contribution is -0.129. The topological polar surface area (TPSA) is 49.3 Å². The minimum absolute atomic E-state index is 0.101. The zero-order valence-corrected chi connectivity index (χ0v) is 15.6. The lowest BCUT2D eigenvalue weighted by atomic mass is 10.0. The summed E-state index contributed by atoms with van der Waals surface area (Å²) < 4.78 is 14.2. The average Bonchev–Trinajstić information content (AvgIpc) is 2.64. The van der Waals surface area contributed by atoms with Crippen molar-refractivity contribution in [1.82, 2.24) is 14.9 Å². The quantitative estimate of drug-likeness (QED) is 0.845. The van der Waals surface area contributed by atoms with Crippen molar-refractivity contribution < 1.29 is 9.18 Å². The molecular weight excluding hydrogens is 331 g/mol. The molecule has 0 unspecified atom stereocenters. The molecule has 0 atom stereocenters. The molecule has 26 heavy (non-hydrogen) atoms. The van der Waals surface area contributed by atoms with E-state index in [4.69, 9.17) is 4.98 Å². The minimum atomic E-state index is -0.206. The zero-order valence-electron chi connectivity index (χ0n) is 15.6. The van der Waals surface area contributed by atoms with Crippen LogP contribution >= 0.6 is 0 Å². The number of hydrogen-bond acceptors (Lipinski definition) is 4. The number of benzene rings is 1. The predicted octanol–water partition coefficient (Wildman–Crippen LogP) is 2.75. The Labute approximate surface area is 153 Å². The lowest BCUT2D eigenvalue weighted by Crippen LogP contribution is -2.48. The number of piperazine rings is 1. The third kappa shape index (κ3) is 3.84. The van der Waals surface area contributed by atoms with Crippen LogP contribution in [0, 0.1) is 12.7 Å². The maximum atomic E-state index is 14.2. The monoisotopic (exact) mass is 356 g/mol. The smallest absolute Gasteiger partial charge is 0.219 e. The van der Waals surface area contributed by atoms with Gasteiger partial charge in [-0.15, -0.1) is 0 Å². The Hall–Kier alpha value is -2.50. The van der Waals surface area contributed by atoms with Crippen LogP contribution in [0.3, 0.4) is 0 Å². The Kier molecular flexibility index (Phi) is 5.49. The first-order valence-corrected chi connectivity index (χ1v) is 9.09. The highest BCUT2D eigenvalue weighted by atomic mass is 19.1. The number of aryl methyl sites for hydroxylation is 2. The number of halogens is 1. The Balaban J connectivity index is 1.95. The van der Waals surface area contributed by atoms with Crippen LogP contribution in [0.1, 0.15) is 36.5 Å². The molecule has 1 aliphatic heterocycles. The van der Waals surface area contributed by atoms with Crippen LogP contribution in [-0.4, -0.2) is 47.0 Å². The molecule has 1 fully saturated rings. The highest BCUT2D eigenvalue weighted by molar-refractivity contribution is 5.73. The molecule has 0 radical (unpaired) electrons. The molecule has 0 aliphatic carbocycles. The van der Waals surface area contributed by atoms with Gasteiger partial charge in [0.15, 0.2) is 0 Å². The highest BCUT2D eigenvalue weighted by Gasteiger charge is 2.24. The fourth-order valence-corrected chi connectivity index (χ4v) is 3.44. The molecule has 2 aromatic rings. The van der Waals surface area contributed by atoms with E-state index < -0.39 is 0 Å². The van der Waals surface area contributed by atoms with Crippen molar-refractivity contribution >= 4 is 11.7 Å². The molecular formula is C20H25FN4O. The minimum Gasteiger partial charge on any atom is -0.353 e. The van der Waals surface area contributed by atoms with Crippen LogP contribution < -0.4 is 4.90 Å². The van der Waals surface area contributed by atoms with E-state index in [2.05, 4.69) is 16.8 Å². The SMILES string of the molecule is CCc1nc(C)nc(N2CCN(C(C)=O)CC2)c1Cc1ccccc1F. The Morgan fingerprint density at radius 2 is 1.85 bits per heavy atom. The van der Waals surface area contributed by atoms with E-state index in [1.807, 2.05) is 24.0 Å². The van der Waals surface area contributed by atoms with Gasteiger partial charge in [0.2, 0.25) is 5.91 Å². The van der Waals surface area contributed by atoms with Gasteiger partial charge in [0.05, 0.1) is 0 Å². The molecule has 0 N–H and O–H groups in total. The second-order valence-corrected chi connectivity index (χ2v) is 6.63. The number of anilines is 1. The van der Waals surface area contributed by atoms with Gasteiger partial charge in [-0.2, -0.15) is 0 Å². The molecule has 2 heterocycles. The van der Waals surface area contributed by atoms with Gasteiger partial charge in [-0.25, -0.2) is 14.4 Å². The summed E-state index contributed by atoms with van der Waals surface area (Å²) in [4.78, 5) is 24.9. The highest BCUT2D eigenvalue weighted by Crippen LogP contribution is 2.26. The summed E-state index contributed by atoms with van der Waals surface area (Å²) >= 11 is 0. The van der Waals surface area contributed by atoms with Crippen molar-refractivity contribution in [2.45, 2.75) is 33.6 Å².